The maximum absolute atomic E-state index is 10.4. The van der Waals surface area contributed by atoms with Crippen LogP contribution in [0.4, 0.5) is 0 Å². The Balaban J connectivity index is 3.78. The Morgan fingerprint density at radius 2 is 2.00 bits per heavy atom. The van der Waals surface area contributed by atoms with Gasteiger partial charge in [-0.1, -0.05) is 46.6 Å². The molecule has 1 nitrogen and oxygen atoms in total. The lowest BCUT2D eigenvalue weighted by atomic mass is 9.81. The molecule has 0 heterocycles. The molecule has 13 heavy (non-hydrogen) atoms. The van der Waals surface area contributed by atoms with Crippen molar-refractivity contribution in [3.8, 4) is 0 Å². The van der Waals surface area contributed by atoms with Gasteiger partial charge in [-0.2, -0.15) is 0 Å². The molecule has 0 saturated heterocycles. The van der Waals surface area contributed by atoms with Crippen LogP contribution in [0.3, 0.4) is 0 Å². The summed E-state index contributed by atoms with van der Waals surface area (Å²) in [5.74, 6) is 0. The minimum Gasteiger partial charge on any atom is -0.298 e. The number of carbonyl (C=O) groups excluding carboxylic acids is 1. The fourth-order valence-electron chi connectivity index (χ4n) is 1.60. The van der Waals surface area contributed by atoms with E-state index in [9.17, 15) is 4.79 Å². The molecule has 0 bridgehead atoms. The van der Waals surface area contributed by atoms with E-state index in [1.54, 1.807) is 0 Å². The molecular weight excluding hydrogens is 160 g/mol. The van der Waals surface area contributed by atoms with E-state index >= 15 is 0 Å². The zero-order valence-corrected chi connectivity index (χ0v) is 9.23. The number of allylic oxidation sites excluding steroid dienone is 1. The predicted molar refractivity (Wildman–Crippen MR) is 57.7 cm³/mol. The fourth-order valence-corrected chi connectivity index (χ4v) is 1.60. The summed E-state index contributed by atoms with van der Waals surface area (Å²) in [5.41, 5.74) is 0.967. The molecule has 0 aliphatic carbocycles. The summed E-state index contributed by atoms with van der Waals surface area (Å²) in [7, 11) is 0. The molecule has 0 aliphatic heterocycles. The van der Waals surface area contributed by atoms with Gasteiger partial charge in [0.2, 0.25) is 0 Å². The van der Waals surface area contributed by atoms with Crippen molar-refractivity contribution in [3.05, 3.63) is 12.2 Å². The van der Waals surface area contributed by atoms with E-state index in [0.717, 1.165) is 18.3 Å². The molecule has 76 valence electrons. The van der Waals surface area contributed by atoms with E-state index in [4.69, 9.17) is 0 Å². The lowest BCUT2D eigenvalue weighted by molar-refractivity contribution is -0.105. The maximum Gasteiger partial charge on any atom is 0.145 e. The Morgan fingerprint density at radius 1 is 1.38 bits per heavy atom. The number of rotatable bonds is 7. The van der Waals surface area contributed by atoms with Crippen molar-refractivity contribution < 1.29 is 4.79 Å². The molecule has 0 N–H and O–H groups in total. The summed E-state index contributed by atoms with van der Waals surface area (Å²) in [6, 6.07) is 0. The highest BCUT2D eigenvalue weighted by molar-refractivity contribution is 5.72. The van der Waals surface area contributed by atoms with Gasteiger partial charge in [0.1, 0.15) is 6.29 Å². The van der Waals surface area contributed by atoms with Gasteiger partial charge in [0.05, 0.1) is 0 Å². The smallest absolute Gasteiger partial charge is 0.145 e. The number of hydrogen-bond donors (Lipinski definition) is 0. The molecule has 0 aromatic carbocycles. The second kappa shape index (κ2) is 5.95. The lowest BCUT2D eigenvalue weighted by Crippen LogP contribution is -2.12. The summed E-state index contributed by atoms with van der Waals surface area (Å²) in [5, 5.41) is 0. The van der Waals surface area contributed by atoms with Crippen LogP contribution in [0, 0.1) is 5.41 Å². The van der Waals surface area contributed by atoms with Crippen molar-refractivity contribution in [3.63, 3.8) is 0 Å². The SMILES string of the molecule is C=C(C=O)CC(C)(C)CCCCC. The van der Waals surface area contributed by atoms with Crippen LogP contribution in [0.1, 0.15) is 52.9 Å². The van der Waals surface area contributed by atoms with Crippen LogP contribution < -0.4 is 0 Å². The van der Waals surface area contributed by atoms with Gasteiger partial charge in [0.25, 0.3) is 0 Å². The molecule has 1 heteroatoms. The Bertz CT molecular complexity index is 168. The van der Waals surface area contributed by atoms with E-state index in [-0.39, 0.29) is 5.41 Å². The lowest BCUT2D eigenvalue weighted by Gasteiger charge is -2.24. The van der Waals surface area contributed by atoms with Gasteiger partial charge in [-0.05, 0) is 23.8 Å². The van der Waals surface area contributed by atoms with Crippen molar-refractivity contribution in [2.45, 2.75) is 52.9 Å². The van der Waals surface area contributed by atoms with E-state index in [0.29, 0.717) is 0 Å². The number of aldehydes is 1. The molecule has 0 aromatic rings. The number of carbonyl (C=O) groups is 1. The minimum atomic E-state index is 0.243. The summed E-state index contributed by atoms with van der Waals surface area (Å²) in [6.07, 6.45) is 6.70. The summed E-state index contributed by atoms with van der Waals surface area (Å²) < 4.78 is 0. The van der Waals surface area contributed by atoms with Gasteiger partial charge in [-0.15, -0.1) is 0 Å². The van der Waals surface area contributed by atoms with E-state index in [2.05, 4.69) is 27.4 Å². The first kappa shape index (κ1) is 12.4. The zero-order valence-electron chi connectivity index (χ0n) is 9.23. The third-order valence-electron chi connectivity index (χ3n) is 2.33. The van der Waals surface area contributed by atoms with Gasteiger partial charge in [-0.25, -0.2) is 0 Å². The minimum absolute atomic E-state index is 0.243. The average molecular weight is 182 g/mol. The van der Waals surface area contributed by atoms with Crippen molar-refractivity contribution in [1.82, 2.24) is 0 Å². The number of unbranched alkanes of at least 4 members (excludes halogenated alkanes) is 2. The highest BCUT2D eigenvalue weighted by Gasteiger charge is 2.17. The van der Waals surface area contributed by atoms with Crippen LogP contribution in [-0.2, 0) is 4.79 Å². The van der Waals surface area contributed by atoms with E-state index in [1.165, 1.54) is 25.7 Å². The van der Waals surface area contributed by atoms with Crippen molar-refractivity contribution in [2.24, 2.45) is 5.41 Å². The van der Waals surface area contributed by atoms with Crippen molar-refractivity contribution >= 4 is 6.29 Å². The van der Waals surface area contributed by atoms with Crippen LogP contribution in [0.25, 0.3) is 0 Å². The van der Waals surface area contributed by atoms with Crippen LogP contribution in [0.15, 0.2) is 12.2 Å². The summed E-state index contributed by atoms with van der Waals surface area (Å²) >= 11 is 0. The van der Waals surface area contributed by atoms with Crippen molar-refractivity contribution in [1.29, 1.82) is 0 Å². The molecule has 0 aliphatic rings. The van der Waals surface area contributed by atoms with Gasteiger partial charge < -0.3 is 0 Å². The number of hydrogen-bond acceptors (Lipinski definition) is 1. The van der Waals surface area contributed by atoms with Crippen molar-refractivity contribution in [2.75, 3.05) is 0 Å². The molecule has 0 unspecified atom stereocenters. The van der Waals surface area contributed by atoms with Crippen LogP contribution in [-0.4, -0.2) is 6.29 Å². The Hall–Kier alpha value is -0.590. The highest BCUT2D eigenvalue weighted by atomic mass is 16.1. The quantitative estimate of drug-likeness (QED) is 0.333. The second-order valence-corrected chi connectivity index (χ2v) is 4.57. The van der Waals surface area contributed by atoms with Crippen LogP contribution >= 0.6 is 0 Å². The van der Waals surface area contributed by atoms with Crippen LogP contribution in [0.5, 0.6) is 0 Å². The fraction of sp³-hybridized carbons (Fsp3) is 0.750. The molecular formula is C12H22O. The normalized spacial score (nSPS) is 11.3. The first-order valence-corrected chi connectivity index (χ1v) is 5.15. The Labute approximate surface area is 82.2 Å². The Morgan fingerprint density at radius 3 is 2.46 bits per heavy atom. The first-order chi connectivity index (χ1) is 6.02. The van der Waals surface area contributed by atoms with E-state index in [1.807, 2.05) is 0 Å². The standard InChI is InChI=1S/C12H22O/c1-5-6-7-8-12(3,4)9-11(2)10-13/h10H,2,5-9H2,1,3-4H3. The third kappa shape index (κ3) is 6.56. The topological polar surface area (TPSA) is 17.1 Å². The molecule has 0 radical (unpaired) electrons. The first-order valence-electron chi connectivity index (χ1n) is 5.15. The van der Waals surface area contributed by atoms with Gasteiger partial charge in [0, 0.05) is 0 Å². The molecule has 0 spiro atoms. The second-order valence-electron chi connectivity index (χ2n) is 4.57. The zero-order chi connectivity index (χ0) is 10.3. The van der Waals surface area contributed by atoms with Gasteiger partial charge >= 0.3 is 0 Å². The van der Waals surface area contributed by atoms with Crippen LogP contribution in [0.2, 0.25) is 0 Å². The average Bonchev–Trinajstić information content (AvgIpc) is 2.03. The van der Waals surface area contributed by atoms with Gasteiger partial charge in [-0.3, -0.25) is 4.79 Å². The third-order valence-corrected chi connectivity index (χ3v) is 2.33. The maximum atomic E-state index is 10.4. The molecule has 0 saturated carbocycles. The molecule has 0 amide bonds. The largest absolute Gasteiger partial charge is 0.298 e. The molecule has 0 atom stereocenters. The monoisotopic (exact) mass is 182 g/mol. The summed E-state index contributed by atoms with van der Waals surface area (Å²) in [6.45, 7) is 10.3. The van der Waals surface area contributed by atoms with E-state index < -0.39 is 0 Å². The molecule has 0 aromatic heterocycles. The predicted octanol–water partition coefficient (Wildman–Crippen LogP) is 3.74. The van der Waals surface area contributed by atoms with Gasteiger partial charge in [0.15, 0.2) is 0 Å². The summed E-state index contributed by atoms with van der Waals surface area (Å²) in [4.78, 5) is 10.4. The molecule has 0 fully saturated rings. The Kier molecular flexibility index (Phi) is 5.68. The molecule has 0 rings (SSSR count). The highest BCUT2D eigenvalue weighted by Crippen LogP contribution is 2.30.